The van der Waals surface area contributed by atoms with Crippen LogP contribution < -0.4 is 11.1 Å². The third-order valence-corrected chi connectivity index (χ3v) is 7.30. The first-order chi connectivity index (χ1) is 15.3. The zero-order valence-corrected chi connectivity index (χ0v) is 20.9. The van der Waals surface area contributed by atoms with Crippen molar-refractivity contribution in [3.63, 3.8) is 0 Å². The van der Waals surface area contributed by atoms with Gasteiger partial charge in [-0.15, -0.1) is 11.3 Å². The summed E-state index contributed by atoms with van der Waals surface area (Å²) in [6.07, 6.45) is 0. The van der Waals surface area contributed by atoms with Crippen LogP contribution >= 0.6 is 50.6 Å². The first-order valence-corrected chi connectivity index (χ1v) is 12.4. The molecule has 0 atom stereocenters. The van der Waals surface area contributed by atoms with E-state index >= 15 is 0 Å². The molecule has 0 spiro atoms. The van der Waals surface area contributed by atoms with Crippen LogP contribution in [-0.4, -0.2) is 22.4 Å². The van der Waals surface area contributed by atoms with E-state index in [2.05, 4.69) is 26.2 Å². The van der Waals surface area contributed by atoms with Gasteiger partial charge in [0, 0.05) is 15.7 Å². The van der Waals surface area contributed by atoms with Crippen LogP contribution in [0.2, 0.25) is 5.02 Å². The molecule has 3 N–H and O–H groups in total. The van der Waals surface area contributed by atoms with E-state index in [0.717, 1.165) is 24.6 Å². The van der Waals surface area contributed by atoms with E-state index in [1.807, 2.05) is 48.5 Å². The average Bonchev–Trinajstić information content (AvgIpc) is 3.16. The van der Waals surface area contributed by atoms with Gasteiger partial charge in [-0.1, -0.05) is 69.6 Å². The highest BCUT2D eigenvalue weighted by molar-refractivity contribution is 9.10. The second-order valence-corrected chi connectivity index (χ2v) is 10.1. The van der Waals surface area contributed by atoms with Gasteiger partial charge < -0.3 is 11.1 Å². The Bertz CT molecular complexity index is 1260. The number of nitrogen functional groups attached to an aromatic ring is 1. The number of anilines is 2. The molecular weight excluding hydrogens is 530 g/mol. The standard InChI is InChI=1S/C15H12ClN3OS2.C8H7BrO/c16-10-3-1-2-4-11(10)18-14(20)8-21-15-19-12-6-5-9(17)7-13(12)22-15;1-6(10)7-4-2-3-5-8(7)9/h1-7H,8,17H2,(H,18,20);2-5H,1H3. The molecule has 1 amide bonds. The van der Waals surface area contributed by atoms with Crippen molar-refractivity contribution in [1.29, 1.82) is 0 Å². The second-order valence-electron chi connectivity index (χ2n) is 6.56. The highest BCUT2D eigenvalue weighted by atomic mass is 79.9. The zero-order chi connectivity index (χ0) is 23.1. The van der Waals surface area contributed by atoms with Gasteiger partial charge in [0.15, 0.2) is 10.1 Å². The fourth-order valence-corrected chi connectivity index (χ4v) is 5.27. The van der Waals surface area contributed by atoms with Crippen LogP contribution in [0.3, 0.4) is 0 Å². The Morgan fingerprint density at radius 3 is 2.53 bits per heavy atom. The maximum atomic E-state index is 12.0. The summed E-state index contributed by atoms with van der Waals surface area (Å²) in [6, 6.07) is 20.1. The number of Topliss-reactive ketones (excluding diaryl/α,β-unsaturated/α-hetero) is 1. The van der Waals surface area contributed by atoms with Crippen molar-refractivity contribution in [2.45, 2.75) is 11.3 Å². The molecule has 32 heavy (non-hydrogen) atoms. The van der Waals surface area contributed by atoms with Gasteiger partial charge in [-0.2, -0.15) is 0 Å². The number of aromatic nitrogens is 1. The molecular formula is C23H19BrClN3O2S2. The lowest BCUT2D eigenvalue weighted by Crippen LogP contribution is -2.14. The first kappa shape index (κ1) is 24.3. The van der Waals surface area contributed by atoms with Gasteiger partial charge in [0.25, 0.3) is 0 Å². The van der Waals surface area contributed by atoms with Gasteiger partial charge in [-0.25, -0.2) is 4.98 Å². The molecule has 0 unspecified atom stereocenters. The van der Waals surface area contributed by atoms with E-state index in [1.54, 1.807) is 25.1 Å². The van der Waals surface area contributed by atoms with E-state index in [1.165, 1.54) is 23.1 Å². The normalized spacial score (nSPS) is 10.3. The number of rotatable bonds is 5. The SMILES string of the molecule is CC(=O)c1ccccc1Br.Nc1ccc2nc(SCC(=O)Nc3ccccc3Cl)sc2c1. The molecule has 3 aromatic carbocycles. The number of carbonyl (C=O) groups excluding carboxylic acids is 2. The number of amides is 1. The molecule has 0 bridgehead atoms. The number of benzene rings is 3. The van der Waals surface area contributed by atoms with Crippen LogP contribution in [-0.2, 0) is 4.79 Å². The number of nitrogens with two attached hydrogens (primary N) is 1. The Morgan fingerprint density at radius 2 is 1.84 bits per heavy atom. The Morgan fingerprint density at radius 1 is 1.12 bits per heavy atom. The largest absolute Gasteiger partial charge is 0.399 e. The van der Waals surface area contributed by atoms with Crippen LogP contribution in [0.15, 0.2) is 75.5 Å². The van der Waals surface area contributed by atoms with E-state index in [4.69, 9.17) is 17.3 Å². The minimum absolute atomic E-state index is 0.0903. The van der Waals surface area contributed by atoms with Gasteiger partial charge >= 0.3 is 0 Å². The summed E-state index contributed by atoms with van der Waals surface area (Å²) >= 11 is 12.2. The van der Waals surface area contributed by atoms with E-state index in [0.29, 0.717) is 16.4 Å². The summed E-state index contributed by atoms with van der Waals surface area (Å²) in [6.45, 7) is 1.56. The topological polar surface area (TPSA) is 85.1 Å². The first-order valence-electron chi connectivity index (χ1n) is 9.42. The van der Waals surface area contributed by atoms with Crippen molar-refractivity contribution in [1.82, 2.24) is 4.98 Å². The molecule has 1 heterocycles. The average molecular weight is 549 g/mol. The number of nitrogens with one attached hydrogen (secondary N) is 1. The number of nitrogens with zero attached hydrogens (tertiary/aromatic N) is 1. The summed E-state index contributed by atoms with van der Waals surface area (Å²) in [4.78, 5) is 27.3. The number of hydrogen-bond donors (Lipinski definition) is 2. The van der Waals surface area contributed by atoms with Crippen molar-refractivity contribution < 1.29 is 9.59 Å². The number of thiazole rings is 1. The molecule has 164 valence electrons. The molecule has 5 nitrogen and oxygen atoms in total. The predicted octanol–water partition coefficient (Wildman–Crippen LogP) is 6.91. The fraction of sp³-hybridized carbons (Fsp3) is 0.0870. The fourth-order valence-electron chi connectivity index (χ4n) is 2.60. The molecule has 1 aromatic heterocycles. The van der Waals surface area contributed by atoms with Crippen molar-refractivity contribution in [2.24, 2.45) is 0 Å². The predicted molar refractivity (Wildman–Crippen MR) is 139 cm³/mol. The number of ketones is 1. The van der Waals surface area contributed by atoms with E-state index in [9.17, 15) is 9.59 Å². The smallest absolute Gasteiger partial charge is 0.234 e. The Kier molecular flexibility index (Phi) is 8.69. The molecule has 0 aliphatic rings. The third-order valence-electron chi connectivity index (χ3n) is 4.12. The Hall–Kier alpha value is -2.39. The number of hydrogen-bond acceptors (Lipinski definition) is 6. The molecule has 0 saturated heterocycles. The summed E-state index contributed by atoms with van der Waals surface area (Å²) in [5, 5.41) is 3.31. The molecule has 4 aromatic rings. The summed E-state index contributed by atoms with van der Waals surface area (Å²) in [5.74, 6) is 0.255. The van der Waals surface area contributed by atoms with Gasteiger partial charge in [-0.05, 0) is 43.3 Å². The summed E-state index contributed by atoms with van der Waals surface area (Å²) in [7, 11) is 0. The summed E-state index contributed by atoms with van der Waals surface area (Å²) < 4.78 is 2.73. The monoisotopic (exact) mass is 547 g/mol. The van der Waals surface area contributed by atoms with Crippen molar-refractivity contribution in [2.75, 3.05) is 16.8 Å². The van der Waals surface area contributed by atoms with Crippen LogP contribution in [0.1, 0.15) is 17.3 Å². The van der Waals surface area contributed by atoms with Crippen molar-refractivity contribution in [3.8, 4) is 0 Å². The number of halogens is 2. The molecule has 4 rings (SSSR count). The van der Waals surface area contributed by atoms with Gasteiger partial charge in [-0.3, -0.25) is 9.59 Å². The van der Waals surface area contributed by atoms with E-state index in [-0.39, 0.29) is 17.4 Å². The third kappa shape index (κ3) is 6.80. The lowest BCUT2D eigenvalue weighted by molar-refractivity contribution is -0.113. The van der Waals surface area contributed by atoms with Crippen molar-refractivity contribution in [3.05, 3.63) is 81.8 Å². The van der Waals surface area contributed by atoms with Crippen LogP contribution in [0.4, 0.5) is 11.4 Å². The minimum Gasteiger partial charge on any atom is -0.399 e. The van der Waals surface area contributed by atoms with Crippen LogP contribution in [0.25, 0.3) is 10.2 Å². The quantitative estimate of drug-likeness (QED) is 0.161. The molecule has 0 saturated carbocycles. The number of fused-ring (bicyclic) bond motifs is 1. The van der Waals surface area contributed by atoms with E-state index < -0.39 is 0 Å². The highest BCUT2D eigenvalue weighted by Crippen LogP contribution is 2.31. The Balaban J connectivity index is 0.000000243. The van der Waals surface area contributed by atoms with Crippen LogP contribution in [0, 0.1) is 0 Å². The molecule has 0 aliphatic carbocycles. The summed E-state index contributed by atoms with van der Waals surface area (Å²) in [5.41, 5.74) is 8.72. The number of carbonyl (C=O) groups is 2. The molecule has 0 fully saturated rings. The number of thioether (sulfide) groups is 1. The van der Waals surface area contributed by atoms with Gasteiger partial charge in [0.2, 0.25) is 5.91 Å². The highest BCUT2D eigenvalue weighted by Gasteiger charge is 2.09. The second kappa shape index (κ2) is 11.5. The molecule has 9 heteroatoms. The minimum atomic E-state index is -0.114. The molecule has 0 radical (unpaired) electrons. The number of para-hydroxylation sites is 1. The maximum Gasteiger partial charge on any atom is 0.234 e. The lowest BCUT2D eigenvalue weighted by atomic mass is 10.2. The maximum absolute atomic E-state index is 12.0. The zero-order valence-electron chi connectivity index (χ0n) is 17.0. The van der Waals surface area contributed by atoms with Crippen molar-refractivity contribution >= 4 is 83.9 Å². The van der Waals surface area contributed by atoms with Crippen LogP contribution in [0.5, 0.6) is 0 Å². The van der Waals surface area contributed by atoms with Gasteiger partial charge in [0.1, 0.15) is 0 Å². The lowest BCUT2D eigenvalue weighted by Gasteiger charge is -2.05. The molecule has 0 aliphatic heterocycles. The van der Waals surface area contributed by atoms with Gasteiger partial charge in [0.05, 0.1) is 26.7 Å². The Labute approximate surface area is 207 Å².